The van der Waals surface area contributed by atoms with Crippen LogP contribution in [0.3, 0.4) is 0 Å². The summed E-state index contributed by atoms with van der Waals surface area (Å²) < 4.78 is 0. The van der Waals surface area contributed by atoms with Crippen LogP contribution in [0.4, 0.5) is 0 Å². The van der Waals surface area contributed by atoms with Crippen molar-refractivity contribution in [1.82, 2.24) is 0 Å². The molecular weight excluding hydrogens is 336 g/mol. The normalized spacial score (nSPS) is 19.5. The fourth-order valence-electron chi connectivity index (χ4n) is 4.76. The van der Waals surface area contributed by atoms with Gasteiger partial charge in [0.1, 0.15) is 0 Å². The predicted molar refractivity (Wildman–Crippen MR) is 122 cm³/mol. The second-order valence-corrected chi connectivity index (χ2v) is 8.35. The highest BCUT2D eigenvalue weighted by Crippen LogP contribution is 2.38. The molecule has 1 aliphatic carbocycles. The summed E-state index contributed by atoms with van der Waals surface area (Å²) in [7, 11) is 0. The Labute approximate surface area is 170 Å². The summed E-state index contributed by atoms with van der Waals surface area (Å²) in [5, 5.41) is 0. The third kappa shape index (κ3) is 4.07. The maximum Gasteiger partial charge on any atom is -0.0103 e. The Morgan fingerprint density at radius 2 is 1.36 bits per heavy atom. The molecule has 0 heteroatoms. The van der Waals surface area contributed by atoms with Crippen molar-refractivity contribution in [2.24, 2.45) is 5.92 Å². The van der Waals surface area contributed by atoms with Crippen molar-refractivity contribution < 1.29 is 0 Å². The van der Waals surface area contributed by atoms with E-state index in [9.17, 15) is 0 Å². The van der Waals surface area contributed by atoms with E-state index in [1.54, 1.807) is 0 Å². The van der Waals surface area contributed by atoms with Gasteiger partial charge in [0.15, 0.2) is 0 Å². The second kappa shape index (κ2) is 8.78. The molecule has 0 radical (unpaired) electrons. The van der Waals surface area contributed by atoms with E-state index < -0.39 is 0 Å². The number of aryl methyl sites for hydroxylation is 1. The van der Waals surface area contributed by atoms with Crippen LogP contribution in [0.15, 0.2) is 72.8 Å². The molecule has 4 rings (SSSR count). The first kappa shape index (κ1) is 19.0. The van der Waals surface area contributed by atoms with Crippen LogP contribution < -0.4 is 0 Å². The number of hydrogen-bond acceptors (Lipinski definition) is 0. The lowest BCUT2D eigenvalue weighted by atomic mass is 9.77. The highest BCUT2D eigenvalue weighted by atomic mass is 14.3. The summed E-state index contributed by atoms with van der Waals surface area (Å²) in [6, 6.07) is 27.2. The van der Waals surface area contributed by atoms with E-state index in [1.807, 2.05) is 0 Å². The molecule has 0 N–H and O–H groups in total. The minimum Gasteiger partial charge on any atom is -0.0651 e. The minimum absolute atomic E-state index is 0.757. The molecule has 1 saturated carbocycles. The van der Waals surface area contributed by atoms with Gasteiger partial charge in [0, 0.05) is 0 Å². The Balaban J connectivity index is 1.63. The Morgan fingerprint density at radius 3 is 2.00 bits per heavy atom. The molecule has 0 amide bonds. The molecule has 3 aromatic carbocycles. The van der Waals surface area contributed by atoms with Gasteiger partial charge < -0.3 is 0 Å². The van der Waals surface area contributed by atoms with Crippen LogP contribution in [0.25, 0.3) is 22.3 Å². The molecule has 0 atom stereocenters. The number of benzene rings is 3. The third-order valence-corrected chi connectivity index (χ3v) is 6.69. The van der Waals surface area contributed by atoms with E-state index in [-0.39, 0.29) is 0 Å². The van der Waals surface area contributed by atoms with Crippen molar-refractivity contribution in [2.75, 3.05) is 0 Å². The van der Waals surface area contributed by atoms with Crippen molar-refractivity contribution in [1.29, 1.82) is 0 Å². The summed E-state index contributed by atoms with van der Waals surface area (Å²) in [5.74, 6) is 1.72. The van der Waals surface area contributed by atoms with Gasteiger partial charge in [-0.15, -0.1) is 0 Å². The molecule has 3 aromatic rings. The number of hydrogen-bond donors (Lipinski definition) is 0. The molecule has 0 bridgehead atoms. The van der Waals surface area contributed by atoms with Gasteiger partial charge in [-0.2, -0.15) is 0 Å². The van der Waals surface area contributed by atoms with E-state index >= 15 is 0 Å². The Kier molecular flexibility index (Phi) is 5.95. The summed E-state index contributed by atoms with van der Waals surface area (Å²) in [4.78, 5) is 0. The summed E-state index contributed by atoms with van der Waals surface area (Å²) in [6.45, 7) is 4.57. The Bertz CT molecular complexity index is 881. The third-order valence-electron chi connectivity index (χ3n) is 6.69. The molecule has 1 fully saturated rings. The van der Waals surface area contributed by atoms with Crippen molar-refractivity contribution in [2.45, 2.75) is 58.3 Å². The molecular formula is C28H32. The quantitative estimate of drug-likeness (QED) is 0.425. The highest BCUT2D eigenvalue weighted by molar-refractivity contribution is 5.84. The SMILES string of the molecule is CCc1ccc(-c2ccc(C3CCC(CC)CC3)cc2)c(-c2ccccc2)c1. The van der Waals surface area contributed by atoms with E-state index in [4.69, 9.17) is 0 Å². The topological polar surface area (TPSA) is 0 Å². The van der Waals surface area contributed by atoms with Gasteiger partial charge >= 0.3 is 0 Å². The molecule has 0 aliphatic heterocycles. The first-order chi connectivity index (χ1) is 13.8. The van der Waals surface area contributed by atoms with E-state index in [0.29, 0.717) is 0 Å². The second-order valence-electron chi connectivity index (χ2n) is 8.35. The highest BCUT2D eigenvalue weighted by Gasteiger charge is 2.21. The zero-order chi connectivity index (χ0) is 19.3. The van der Waals surface area contributed by atoms with Crippen molar-refractivity contribution in [3.8, 4) is 22.3 Å². The van der Waals surface area contributed by atoms with Gasteiger partial charge in [-0.05, 0) is 77.3 Å². The molecule has 1 aliphatic rings. The lowest BCUT2D eigenvalue weighted by Crippen LogP contribution is -2.12. The van der Waals surface area contributed by atoms with Gasteiger partial charge in [0.05, 0.1) is 0 Å². The zero-order valence-electron chi connectivity index (χ0n) is 17.3. The number of rotatable bonds is 5. The standard InChI is InChI=1S/C28H32/c1-3-21-10-13-23(14-11-21)24-15-17-26(18-16-24)27-19-12-22(4-2)20-28(27)25-8-6-5-7-9-25/h5-9,12,15-21,23H,3-4,10-11,13-14H2,1-2H3. The van der Waals surface area contributed by atoms with E-state index in [1.165, 1.54) is 65.5 Å². The van der Waals surface area contributed by atoms with Crippen molar-refractivity contribution >= 4 is 0 Å². The molecule has 28 heavy (non-hydrogen) atoms. The molecule has 144 valence electrons. The van der Waals surface area contributed by atoms with Crippen LogP contribution in [0.5, 0.6) is 0 Å². The predicted octanol–water partition coefficient (Wildman–Crippen LogP) is 8.27. The molecule has 0 saturated heterocycles. The minimum atomic E-state index is 0.757. The van der Waals surface area contributed by atoms with Crippen LogP contribution in [0, 0.1) is 5.92 Å². The summed E-state index contributed by atoms with van der Waals surface area (Å²) >= 11 is 0. The first-order valence-corrected chi connectivity index (χ1v) is 11.1. The zero-order valence-corrected chi connectivity index (χ0v) is 17.3. The molecule has 0 spiro atoms. The molecule has 0 nitrogen and oxygen atoms in total. The molecule has 0 aromatic heterocycles. The first-order valence-electron chi connectivity index (χ1n) is 11.1. The van der Waals surface area contributed by atoms with Gasteiger partial charge in [0.25, 0.3) is 0 Å². The van der Waals surface area contributed by atoms with Crippen molar-refractivity contribution in [3.63, 3.8) is 0 Å². The average molecular weight is 369 g/mol. The Morgan fingerprint density at radius 1 is 0.679 bits per heavy atom. The van der Waals surface area contributed by atoms with Gasteiger partial charge in [-0.1, -0.05) is 93.1 Å². The van der Waals surface area contributed by atoms with Gasteiger partial charge in [-0.3, -0.25) is 0 Å². The van der Waals surface area contributed by atoms with Gasteiger partial charge in [-0.25, -0.2) is 0 Å². The lowest BCUT2D eigenvalue weighted by Gasteiger charge is -2.28. The fourth-order valence-corrected chi connectivity index (χ4v) is 4.76. The Hall–Kier alpha value is -2.34. The summed E-state index contributed by atoms with van der Waals surface area (Å²) in [6.07, 6.45) is 7.94. The smallest absolute Gasteiger partial charge is 0.0103 e. The van der Waals surface area contributed by atoms with Crippen molar-refractivity contribution in [3.05, 3.63) is 83.9 Å². The van der Waals surface area contributed by atoms with Crippen LogP contribution in [-0.4, -0.2) is 0 Å². The van der Waals surface area contributed by atoms with Crippen LogP contribution in [0.1, 0.15) is 63.0 Å². The molecule has 0 unspecified atom stereocenters. The van der Waals surface area contributed by atoms with E-state index in [2.05, 4.69) is 86.6 Å². The lowest BCUT2D eigenvalue weighted by molar-refractivity contribution is 0.319. The van der Waals surface area contributed by atoms with Crippen LogP contribution >= 0.6 is 0 Å². The van der Waals surface area contributed by atoms with Crippen LogP contribution in [-0.2, 0) is 6.42 Å². The van der Waals surface area contributed by atoms with E-state index in [0.717, 1.165) is 18.3 Å². The van der Waals surface area contributed by atoms with Crippen LogP contribution in [0.2, 0.25) is 0 Å². The monoisotopic (exact) mass is 368 g/mol. The largest absolute Gasteiger partial charge is 0.0651 e. The van der Waals surface area contributed by atoms with Gasteiger partial charge in [0.2, 0.25) is 0 Å². The summed E-state index contributed by atoms with van der Waals surface area (Å²) in [5.41, 5.74) is 8.24. The fraction of sp³-hybridized carbons (Fsp3) is 0.357. The molecule has 0 heterocycles. The average Bonchev–Trinajstić information content (AvgIpc) is 2.79. The maximum absolute atomic E-state index is 2.38. The maximum atomic E-state index is 2.38.